The van der Waals surface area contributed by atoms with E-state index in [1.807, 2.05) is 0 Å². The van der Waals surface area contributed by atoms with E-state index in [1.54, 1.807) is 0 Å². The van der Waals surface area contributed by atoms with Gasteiger partial charge in [0.25, 0.3) is 0 Å². The minimum absolute atomic E-state index is 0.0546. The van der Waals surface area contributed by atoms with Crippen molar-refractivity contribution in [2.75, 3.05) is 0 Å². The van der Waals surface area contributed by atoms with Gasteiger partial charge in [0.1, 0.15) is 4.70 Å². The van der Waals surface area contributed by atoms with E-state index in [0.29, 0.717) is 4.70 Å². The second kappa shape index (κ2) is 3.75. The van der Waals surface area contributed by atoms with Gasteiger partial charge >= 0.3 is 11.4 Å². The Kier molecular flexibility index (Phi) is 2.52. The lowest BCUT2D eigenvalue weighted by atomic mass is 10.1. The number of carbonyl (C=O) groups is 1. The van der Waals surface area contributed by atoms with Gasteiger partial charge in [0, 0.05) is 6.07 Å². The third-order valence-electron chi connectivity index (χ3n) is 2.04. The molecule has 0 aliphatic rings. The van der Waals surface area contributed by atoms with E-state index in [1.165, 1.54) is 0 Å². The number of nitrogens with two attached hydrogens (primary N) is 1. The smallest absolute Gasteiger partial charge is 0.365 e. The number of hydrogen-bond acceptors (Lipinski definition) is 7. The zero-order valence-electron chi connectivity index (χ0n) is 7.91. The highest BCUT2D eigenvalue weighted by molar-refractivity contribution is 7.78. The Bertz CT molecular complexity index is 658. The molecular weight excluding hydrogens is 270 g/mol. The standard InChI is InChI=1S/C7H3N3O5S2/c8-7(11)2-1-3(9(12)13)4(10(14)15)6-5(2)16-17-6/h1H,(H2,8,11). The van der Waals surface area contributed by atoms with Crippen LogP contribution >= 0.6 is 20.7 Å². The molecule has 0 atom stereocenters. The summed E-state index contributed by atoms with van der Waals surface area (Å²) in [6, 6.07) is 0.853. The van der Waals surface area contributed by atoms with Crippen LogP contribution in [-0.2, 0) is 0 Å². The first-order valence-corrected chi connectivity index (χ1v) is 6.22. The molecule has 10 heteroatoms. The molecule has 1 amide bonds. The number of carbonyl (C=O) groups excluding carboxylic acids is 1. The lowest BCUT2D eigenvalue weighted by Crippen LogP contribution is -2.12. The van der Waals surface area contributed by atoms with E-state index in [0.717, 1.165) is 26.7 Å². The molecule has 0 unspecified atom stereocenters. The maximum Gasteiger partial charge on any atom is 0.365 e. The molecule has 0 aliphatic heterocycles. The van der Waals surface area contributed by atoms with Crippen LogP contribution in [0.2, 0.25) is 0 Å². The van der Waals surface area contributed by atoms with Gasteiger partial charge in [0.15, 0.2) is 0 Å². The second-order valence-corrected chi connectivity index (χ2v) is 5.15. The molecule has 0 aliphatic carbocycles. The van der Waals surface area contributed by atoms with Crippen molar-refractivity contribution in [2.45, 2.75) is 0 Å². The van der Waals surface area contributed by atoms with Crippen molar-refractivity contribution < 1.29 is 14.6 Å². The number of fused-ring (bicyclic) bond motifs is 1. The van der Waals surface area contributed by atoms with E-state index in [-0.39, 0.29) is 10.3 Å². The largest absolute Gasteiger partial charge is 0.366 e. The maximum atomic E-state index is 11.1. The fourth-order valence-electron chi connectivity index (χ4n) is 1.32. The van der Waals surface area contributed by atoms with E-state index < -0.39 is 27.1 Å². The number of hydrogen-bond donors (Lipinski definition) is 1. The third-order valence-corrected chi connectivity index (χ3v) is 4.66. The highest BCUT2D eigenvalue weighted by Crippen LogP contribution is 2.45. The molecule has 0 saturated carbocycles. The molecule has 2 aromatic rings. The SMILES string of the molecule is NC(=O)c1cc([N+](=O)[O-])c([N+](=O)[O-])c2ssc12. The lowest BCUT2D eigenvalue weighted by molar-refractivity contribution is -0.421. The highest BCUT2D eigenvalue weighted by Gasteiger charge is 2.33. The molecule has 0 bridgehead atoms. The average Bonchev–Trinajstić information content (AvgIpc) is 2.17. The fourth-order valence-corrected chi connectivity index (χ4v) is 3.54. The topological polar surface area (TPSA) is 129 Å². The van der Waals surface area contributed by atoms with Gasteiger partial charge in [-0.05, 0) is 0 Å². The van der Waals surface area contributed by atoms with Crippen molar-refractivity contribution in [3.05, 3.63) is 31.9 Å². The summed E-state index contributed by atoms with van der Waals surface area (Å²) in [5.41, 5.74) is 3.71. The van der Waals surface area contributed by atoms with E-state index in [9.17, 15) is 25.0 Å². The van der Waals surface area contributed by atoms with Crippen LogP contribution in [0.4, 0.5) is 11.4 Å². The summed E-state index contributed by atoms with van der Waals surface area (Å²) in [7, 11) is 2.14. The summed E-state index contributed by atoms with van der Waals surface area (Å²) >= 11 is 0. The summed E-state index contributed by atoms with van der Waals surface area (Å²) in [6.07, 6.45) is 0. The Morgan fingerprint density at radius 3 is 2.12 bits per heavy atom. The molecule has 0 fully saturated rings. The predicted molar refractivity (Wildman–Crippen MR) is 61.5 cm³/mol. The first-order chi connectivity index (χ1) is 7.93. The number of amides is 1. The van der Waals surface area contributed by atoms with E-state index in [4.69, 9.17) is 5.73 Å². The Morgan fingerprint density at radius 1 is 1.18 bits per heavy atom. The second-order valence-electron chi connectivity index (χ2n) is 3.00. The van der Waals surface area contributed by atoms with Crippen molar-refractivity contribution in [3.8, 4) is 0 Å². The number of benzene rings is 1. The van der Waals surface area contributed by atoms with Gasteiger partial charge in [-0.3, -0.25) is 25.0 Å². The monoisotopic (exact) mass is 273 g/mol. The van der Waals surface area contributed by atoms with Crippen LogP contribution in [0, 0.1) is 20.2 Å². The van der Waals surface area contributed by atoms with Crippen molar-refractivity contribution in [3.63, 3.8) is 0 Å². The van der Waals surface area contributed by atoms with Crippen molar-refractivity contribution in [1.82, 2.24) is 0 Å². The van der Waals surface area contributed by atoms with Gasteiger partial charge in [0.05, 0.1) is 20.1 Å². The molecule has 88 valence electrons. The summed E-state index contributed by atoms with van der Waals surface area (Å²) in [5, 5.41) is 21.5. The number of nitro benzene ring substituents is 2. The Labute approximate surface area is 99.9 Å². The summed E-state index contributed by atoms with van der Waals surface area (Å²) in [6.45, 7) is 0. The van der Waals surface area contributed by atoms with Crippen molar-refractivity contribution in [2.24, 2.45) is 5.73 Å². The van der Waals surface area contributed by atoms with Crippen LogP contribution in [0.3, 0.4) is 0 Å². The van der Waals surface area contributed by atoms with Gasteiger partial charge in [-0.15, -0.1) is 0 Å². The summed E-state index contributed by atoms with van der Waals surface area (Å²) in [4.78, 5) is 30.8. The Hall–Kier alpha value is -2.07. The lowest BCUT2D eigenvalue weighted by Gasteiger charge is -2.05. The summed E-state index contributed by atoms with van der Waals surface area (Å²) < 4.78 is 0.461. The molecule has 1 aromatic heterocycles. The first kappa shape index (κ1) is 11.4. The molecule has 8 nitrogen and oxygen atoms in total. The van der Waals surface area contributed by atoms with E-state index >= 15 is 0 Å². The van der Waals surface area contributed by atoms with Crippen LogP contribution in [-0.4, -0.2) is 15.8 Å². The molecule has 0 saturated heterocycles. The van der Waals surface area contributed by atoms with Crippen LogP contribution in [0.15, 0.2) is 6.07 Å². The molecule has 0 spiro atoms. The van der Waals surface area contributed by atoms with Gasteiger partial charge in [0.2, 0.25) is 5.91 Å². The minimum Gasteiger partial charge on any atom is -0.366 e. The molecule has 2 rings (SSSR count). The minimum atomic E-state index is -0.894. The van der Waals surface area contributed by atoms with Crippen LogP contribution in [0.5, 0.6) is 0 Å². The van der Waals surface area contributed by atoms with Crippen LogP contribution in [0.25, 0.3) is 9.40 Å². The maximum absolute atomic E-state index is 11.1. The normalized spacial score (nSPS) is 10.6. The van der Waals surface area contributed by atoms with Crippen molar-refractivity contribution >= 4 is 47.4 Å². The Balaban J connectivity index is 2.86. The first-order valence-electron chi connectivity index (χ1n) is 4.07. The zero-order chi connectivity index (χ0) is 12.7. The number of rotatable bonds is 3. The van der Waals surface area contributed by atoms with Gasteiger partial charge in [-0.2, -0.15) is 0 Å². The van der Waals surface area contributed by atoms with Crippen LogP contribution < -0.4 is 5.73 Å². The highest BCUT2D eigenvalue weighted by atomic mass is 32.9. The Morgan fingerprint density at radius 2 is 1.76 bits per heavy atom. The third kappa shape index (κ3) is 1.62. The quantitative estimate of drug-likeness (QED) is 0.518. The van der Waals surface area contributed by atoms with Gasteiger partial charge in [-0.25, -0.2) is 0 Å². The molecular formula is C7H3N3O5S2. The fraction of sp³-hybridized carbons (Fsp3) is 0. The zero-order valence-corrected chi connectivity index (χ0v) is 9.54. The van der Waals surface area contributed by atoms with Gasteiger partial charge < -0.3 is 5.73 Å². The van der Waals surface area contributed by atoms with Crippen molar-refractivity contribution in [1.29, 1.82) is 0 Å². The molecule has 1 heterocycles. The molecule has 2 N–H and O–H groups in total. The number of nitrogens with zero attached hydrogens (tertiary/aromatic N) is 2. The average molecular weight is 273 g/mol. The van der Waals surface area contributed by atoms with Crippen LogP contribution in [0.1, 0.15) is 10.4 Å². The summed E-state index contributed by atoms with van der Waals surface area (Å²) in [5.74, 6) is -0.841. The molecule has 17 heavy (non-hydrogen) atoms. The molecule has 1 aromatic carbocycles. The predicted octanol–water partition coefficient (Wildman–Crippen LogP) is 1.88. The van der Waals surface area contributed by atoms with E-state index in [2.05, 4.69) is 0 Å². The number of nitro groups is 2. The molecule has 0 radical (unpaired) electrons. The number of primary amides is 1. The van der Waals surface area contributed by atoms with Gasteiger partial charge in [-0.1, -0.05) is 20.7 Å².